The zero-order chi connectivity index (χ0) is 13.3. The van der Waals surface area contributed by atoms with Crippen molar-refractivity contribution in [3.8, 4) is 5.75 Å². The van der Waals surface area contributed by atoms with Gasteiger partial charge in [-0.1, -0.05) is 0 Å². The van der Waals surface area contributed by atoms with E-state index in [9.17, 15) is 14.7 Å². The number of halogens is 1. The molecule has 0 aliphatic heterocycles. The van der Waals surface area contributed by atoms with Crippen LogP contribution in [0.25, 0.3) is 0 Å². The molecule has 6 heteroatoms. The first kappa shape index (κ1) is 12.9. The van der Waals surface area contributed by atoms with Gasteiger partial charge in [0.1, 0.15) is 11.8 Å². The van der Waals surface area contributed by atoms with Gasteiger partial charge in [-0.25, -0.2) is 4.79 Å². The van der Waals surface area contributed by atoms with Gasteiger partial charge in [0.05, 0.1) is 4.47 Å². The normalized spacial score (nSPS) is 16.1. The van der Waals surface area contributed by atoms with Crippen LogP contribution in [0.4, 0.5) is 0 Å². The lowest BCUT2D eigenvalue weighted by Crippen LogP contribution is -2.42. The van der Waals surface area contributed by atoms with Gasteiger partial charge in [-0.3, -0.25) is 4.79 Å². The number of rotatable bonds is 4. The van der Waals surface area contributed by atoms with Gasteiger partial charge in [0, 0.05) is 5.56 Å². The molecule has 0 saturated heterocycles. The van der Waals surface area contributed by atoms with Crippen molar-refractivity contribution >= 4 is 27.8 Å². The first-order chi connectivity index (χ1) is 8.49. The minimum Gasteiger partial charge on any atom is -0.507 e. The minimum atomic E-state index is -1.02. The van der Waals surface area contributed by atoms with Crippen molar-refractivity contribution in [1.29, 1.82) is 0 Å². The van der Waals surface area contributed by atoms with E-state index in [0.29, 0.717) is 4.47 Å². The van der Waals surface area contributed by atoms with Crippen molar-refractivity contribution < 1.29 is 19.8 Å². The molecule has 5 nitrogen and oxygen atoms in total. The van der Waals surface area contributed by atoms with Gasteiger partial charge in [-0.05, 0) is 52.9 Å². The van der Waals surface area contributed by atoms with Crippen molar-refractivity contribution in [2.45, 2.75) is 18.9 Å². The summed E-state index contributed by atoms with van der Waals surface area (Å²) in [6.45, 7) is 0. The molecular formula is C12H12BrNO4. The molecule has 1 fully saturated rings. The molecular weight excluding hydrogens is 302 g/mol. The average Bonchev–Trinajstić information content (AvgIpc) is 3.13. The van der Waals surface area contributed by atoms with Crippen LogP contribution in [0.3, 0.4) is 0 Å². The molecule has 2 rings (SSSR count). The number of benzene rings is 1. The predicted octanol–water partition coefficient (Wildman–Crippen LogP) is 1.75. The van der Waals surface area contributed by atoms with Crippen LogP contribution < -0.4 is 5.32 Å². The highest BCUT2D eigenvalue weighted by Crippen LogP contribution is 2.33. The van der Waals surface area contributed by atoms with E-state index in [-0.39, 0.29) is 17.2 Å². The molecule has 1 atom stereocenters. The largest absolute Gasteiger partial charge is 0.507 e. The number of hydrogen-bond acceptors (Lipinski definition) is 3. The SMILES string of the molecule is O=C(NC(C(=O)O)C1CC1)c1ccc(Br)c(O)c1. The Morgan fingerprint density at radius 2 is 2.06 bits per heavy atom. The molecule has 0 spiro atoms. The lowest BCUT2D eigenvalue weighted by Gasteiger charge is -2.13. The smallest absolute Gasteiger partial charge is 0.326 e. The van der Waals surface area contributed by atoms with Crippen LogP contribution in [0.5, 0.6) is 5.75 Å². The van der Waals surface area contributed by atoms with Crippen LogP contribution in [-0.2, 0) is 4.79 Å². The van der Waals surface area contributed by atoms with Crippen LogP contribution in [0.1, 0.15) is 23.2 Å². The Hall–Kier alpha value is -1.56. The lowest BCUT2D eigenvalue weighted by atomic mass is 10.1. The van der Waals surface area contributed by atoms with Crippen molar-refractivity contribution in [2.24, 2.45) is 5.92 Å². The van der Waals surface area contributed by atoms with Crippen LogP contribution in [0.2, 0.25) is 0 Å². The van der Waals surface area contributed by atoms with Gasteiger partial charge < -0.3 is 15.5 Å². The van der Waals surface area contributed by atoms with Gasteiger partial charge in [0.15, 0.2) is 0 Å². The summed E-state index contributed by atoms with van der Waals surface area (Å²) in [6.07, 6.45) is 1.64. The van der Waals surface area contributed by atoms with Gasteiger partial charge in [0.2, 0.25) is 0 Å². The number of phenolic OH excluding ortho intramolecular Hbond substituents is 1. The van der Waals surface area contributed by atoms with Crippen LogP contribution in [-0.4, -0.2) is 28.1 Å². The molecule has 0 bridgehead atoms. The quantitative estimate of drug-likeness (QED) is 0.790. The number of nitrogens with one attached hydrogen (secondary N) is 1. The number of carbonyl (C=O) groups excluding carboxylic acids is 1. The highest BCUT2D eigenvalue weighted by atomic mass is 79.9. The van der Waals surface area contributed by atoms with Crippen LogP contribution >= 0.6 is 15.9 Å². The fourth-order valence-corrected chi connectivity index (χ4v) is 1.94. The summed E-state index contributed by atoms with van der Waals surface area (Å²) in [6, 6.07) is 3.51. The Morgan fingerprint density at radius 3 is 2.56 bits per heavy atom. The molecule has 1 aromatic rings. The molecule has 18 heavy (non-hydrogen) atoms. The molecule has 1 aliphatic carbocycles. The first-order valence-electron chi connectivity index (χ1n) is 5.51. The van der Waals surface area contributed by atoms with E-state index in [0.717, 1.165) is 12.8 Å². The summed E-state index contributed by atoms with van der Waals surface area (Å²) < 4.78 is 0.482. The fourth-order valence-electron chi connectivity index (χ4n) is 1.69. The fraction of sp³-hybridized carbons (Fsp3) is 0.333. The maximum atomic E-state index is 11.9. The maximum absolute atomic E-state index is 11.9. The highest BCUT2D eigenvalue weighted by molar-refractivity contribution is 9.10. The Balaban J connectivity index is 2.10. The summed E-state index contributed by atoms with van der Waals surface area (Å²) >= 11 is 3.11. The third-order valence-corrected chi connectivity index (χ3v) is 3.52. The molecule has 1 aromatic carbocycles. The van der Waals surface area contributed by atoms with E-state index >= 15 is 0 Å². The number of phenols is 1. The number of aromatic hydroxyl groups is 1. The van der Waals surface area contributed by atoms with Gasteiger partial charge in [-0.15, -0.1) is 0 Å². The molecule has 1 amide bonds. The zero-order valence-corrected chi connectivity index (χ0v) is 11.0. The highest BCUT2D eigenvalue weighted by Gasteiger charge is 2.37. The average molecular weight is 314 g/mol. The number of carboxylic acid groups (broad SMARTS) is 1. The van der Waals surface area contributed by atoms with E-state index in [1.54, 1.807) is 0 Å². The second-order valence-corrected chi connectivity index (χ2v) is 5.15. The number of carboxylic acids is 1. The van der Waals surface area contributed by atoms with E-state index < -0.39 is 17.9 Å². The third-order valence-electron chi connectivity index (χ3n) is 2.85. The number of carbonyl (C=O) groups is 2. The van der Waals surface area contributed by atoms with E-state index in [1.807, 2.05) is 0 Å². The summed E-state index contributed by atoms with van der Waals surface area (Å²) in [4.78, 5) is 22.9. The first-order valence-corrected chi connectivity index (χ1v) is 6.30. The molecule has 96 valence electrons. The Labute approximate surface area is 112 Å². The second-order valence-electron chi connectivity index (χ2n) is 4.29. The molecule has 0 aromatic heterocycles. The molecule has 0 heterocycles. The molecule has 1 unspecified atom stereocenters. The third kappa shape index (κ3) is 2.81. The van der Waals surface area contributed by atoms with Crippen molar-refractivity contribution in [2.75, 3.05) is 0 Å². The Morgan fingerprint density at radius 1 is 1.39 bits per heavy atom. The number of amides is 1. The summed E-state index contributed by atoms with van der Waals surface area (Å²) in [5.74, 6) is -1.54. The van der Waals surface area contributed by atoms with Crippen molar-refractivity contribution in [3.63, 3.8) is 0 Å². The molecule has 1 aliphatic rings. The molecule has 1 saturated carbocycles. The monoisotopic (exact) mass is 313 g/mol. The maximum Gasteiger partial charge on any atom is 0.326 e. The van der Waals surface area contributed by atoms with Gasteiger partial charge >= 0.3 is 5.97 Å². The van der Waals surface area contributed by atoms with Crippen LogP contribution in [0.15, 0.2) is 22.7 Å². The van der Waals surface area contributed by atoms with Gasteiger partial charge in [-0.2, -0.15) is 0 Å². The second kappa shape index (κ2) is 4.97. The summed E-state index contributed by atoms with van der Waals surface area (Å²) in [5.41, 5.74) is 0.239. The summed E-state index contributed by atoms with van der Waals surface area (Å²) in [5, 5.41) is 21.0. The van der Waals surface area contributed by atoms with Crippen LogP contribution in [0, 0.1) is 5.92 Å². The van der Waals surface area contributed by atoms with E-state index in [2.05, 4.69) is 21.2 Å². The number of hydrogen-bond donors (Lipinski definition) is 3. The van der Waals surface area contributed by atoms with Crippen molar-refractivity contribution in [3.05, 3.63) is 28.2 Å². The minimum absolute atomic E-state index is 0.0236. The standard InChI is InChI=1S/C12H12BrNO4/c13-8-4-3-7(5-9(8)15)11(16)14-10(12(17)18)6-1-2-6/h3-6,10,15H,1-2H2,(H,14,16)(H,17,18). The van der Waals surface area contributed by atoms with Crippen molar-refractivity contribution in [1.82, 2.24) is 5.32 Å². The molecule has 3 N–H and O–H groups in total. The topological polar surface area (TPSA) is 86.6 Å². The van der Waals surface area contributed by atoms with E-state index in [1.165, 1.54) is 18.2 Å². The number of aliphatic carboxylic acids is 1. The zero-order valence-electron chi connectivity index (χ0n) is 9.39. The Bertz CT molecular complexity index is 499. The van der Waals surface area contributed by atoms with E-state index in [4.69, 9.17) is 5.11 Å². The lowest BCUT2D eigenvalue weighted by molar-refractivity contribution is -0.139. The van der Waals surface area contributed by atoms with Gasteiger partial charge in [0.25, 0.3) is 5.91 Å². The Kier molecular flexibility index (Phi) is 3.56. The molecule has 0 radical (unpaired) electrons. The predicted molar refractivity (Wildman–Crippen MR) is 67.4 cm³/mol. The summed E-state index contributed by atoms with van der Waals surface area (Å²) in [7, 11) is 0.